The van der Waals surface area contributed by atoms with E-state index in [1.807, 2.05) is 54.6 Å². The summed E-state index contributed by atoms with van der Waals surface area (Å²) in [5.41, 5.74) is 2.00. The van der Waals surface area contributed by atoms with E-state index in [4.69, 9.17) is 9.84 Å². The Hall–Kier alpha value is -2.24. The van der Waals surface area contributed by atoms with Crippen molar-refractivity contribution >= 4 is 0 Å². The van der Waals surface area contributed by atoms with Crippen LogP contribution in [0, 0.1) is 11.8 Å². The van der Waals surface area contributed by atoms with Crippen molar-refractivity contribution in [2.45, 2.75) is 13.0 Å². The van der Waals surface area contributed by atoms with Crippen molar-refractivity contribution in [1.82, 2.24) is 0 Å². The van der Waals surface area contributed by atoms with Crippen molar-refractivity contribution in [3.8, 4) is 17.6 Å². The number of aliphatic hydroxyl groups excluding tert-OH is 1. The molecule has 0 fully saturated rings. The molecule has 2 aromatic rings. The summed E-state index contributed by atoms with van der Waals surface area (Å²) >= 11 is 0. The fraction of sp³-hybridized carbons (Fsp3) is 0.176. The van der Waals surface area contributed by atoms with E-state index in [1.54, 1.807) is 0 Å². The zero-order chi connectivity index (χ0) is 13.3. The summed E-state index contributed by atoms with van der Waals surface area (Å²) in [4.78, 5) is 0. The van der Waals surface area contributed by atoms with Crippen LogP contribution < -0.4 is 4.74 Å². The van der Waals surface area contributed by atoms with E-state index in [0.29, 0.717) is 13.0 Å². The number of para-hydroxylation sites is 1. The molecule has 0 aliphatic rings. The van der Waals surface area contributed by atoms with Gasteiger partial charge in [0.1, 0.15) is 12.4 Å². The molecule has 0 heterocycles. The van der Waals surface area contributed by atoms with Crippen molar-refractivity contribution in [3.05, 3.63) is 65.7 Å². The van der Waals surface area contributed by atoms with Crippen molar-refractivity contribution in [2.75, 3.05) is 6.61 Å². The highest BCUT2D eigenvalue weighted by atomic mass is 16.5. The summed E-state index contributed by atoms with van der Waals surface area (Å²) < 4.78 is 5.72. The number of benzene rings is 2. The third-order valence-corrected chi connectivity index (χ3v) is 2.61. The van der Waals surface area contributed by atoms with Gasteiger partial charge >= 0.3 is 0 Å². The maximum absolute atomic E-state index is 8.74. The van der Waals surface area contributed by atoms with E-state index < -0.39 is 0 Å². The standard InChI is InChI=1S/C17H16O2/c18-13-7-6-9-15-8-4-5-10-16(15)14-19-17-11-2-1-3-12-17/h1-5,8,10-12,18H,7,13-14H2. The van der Waals surface area contributed by atoms with E-state index in [-0.39, 0.29) is 6.61 Å². The van der Waals surface area contributed by atoms with Gasteiger partial charge in [0.15, 0.2) is 0 Å². The van der Waals surface area contributed by atoms with Gasteiger partial charge in [-0.1, -0.05) is 48.2 Å². The van der Waals surface area contributed by atoms with Crippen LogP contribution in [0.15, 0.2) is 54.6 Å². The van der Waals surface area contributed by atoms with Gasteiger partial charge in [-0.3, -0.25) is 0 Å². The Morgan fingerprint density at radius 1 is 0.947 bits per heavy atom. The van der Waals surface area contributed by atoms with Gasteiger partial charge < -0.3 is 9.84 Å². The molecule has 2 aromatic carbocycles. The Kier molecular flexibility index (Phi) is 5.04. The Bertz CT molecular complexity index is 565. The minimum atomic E-state index is 0.0929. The average molecular weight is 252 g/mol. The number of rotatable bonds is 4. The molecule has 0 aromatic heterocycles. The predicted molar refractivity (Wildman–Crippen MR) is 75.8 cm³/mol. The first-order valence-electron chi connectivity index (χ1n) is 6.25. The second-order valence-electron chi connectivity index (χ2n) is 4.03. The SMILES string of the molecule is OCCC#Cc1ccccc1COc1ccccc1. The second kappa shape index (κ2) is 7.25. The molecule has 19 heavy (non-hydrogen) atoms. The van der Waals surface area contributed by atoms with E-state index in [0.717, 1.165) is 16.9 Å². The smallest absolute Gasteiger partial charge is 0.119 e. The molecule has 2 nitrogen and oxygen atoms in total. The molecule has 0 radical (unpaired) electrons. The molecule has 96 valence electrons. The van der Waals surface area contributed by atoms with Crippen LogP contribution in [0.5, 0.6) is 5.75 Å². The van der Waals surface area contributed by atoms with Crippen molar-refractivity contribution < 1.29 is 9.84 Å². The minimum Gasteiger partial charge on any atom is -0.489 e. The summed E-state index contributed by atoms with van der Waals surface area (Å²) in [6.45, 7) is 0.587. The van der Waals surface area contributed by atoms with Gasteiger partial charge in [-0.15, -0.1) is 0 Å². The largest absolute Gasteiger partial charge is 0.489 e. The highest BCUT2D eigenvalue weighted by Crippen LogP contribution is 2.14. The van der Waals surface area contributed by atoms with Crippen molar-refractivity contribution in [3.63, 3.8) is 0 Å². The summed E-state index contributed by atoms with van der Waals surface area (Å²) in [5.74, 6) is 6.84. The van der Waals surface area contributed by atoms with Gasteiger partial charge in [0.25, 0.3) is 0 Å². The second-order valence-corrected chi connectivity index (χ2v) is 4.03. The first-order chi connectivity index (χ1) is 9.40. The fourth-order valence-corrected chi connectivity index (χ4v) is 1.66. The molecule has 0 aliphatic heterocycles. The zero-order valence-corrected chi connectivity index (χ0v) is 10.7. The first-order valence-corrected chi connectivity index (χ1v) is 6.25. The molecule has 0 unspecified atom stereocenters. The molecule has 0 aliphatic carbocycles. The van der Waals surface area contributed by atoms with Crippen LogP contribution in [0.4, 0.5) is 0 Å². The molecule has 0 bridgehead atoms. The fourth-order valence-electron chi connectivity index (χ4n) is 1.66. The zero-order valence-electron chi connectivity index (χ0n) is 10.7. The van der Waals surface area contributed by atoms with E-state index in [2.05, 4.69) is 11.8 Å². The third kappa shape index (κ3) is 4.17. The number of ether oxygens (including phenoxy) is 1. The highest BCUT2D eigenvalue weighted by molar-refractivity contribution is 5.41. The topological polar surface area (TPSA) is 29.5 Å². The lowest BCUT2D eigenvalue weighted by atomic mass is 10.1. The molecule has 0 amide bonds. The van der Waals surface area contributed by atoms with Gasteiger partial charge in [0, 0.05) is 17.5 Å². The normalized spacial score (nSPS) is 9.53. The monoisotopic (exact) mass is 252 g/mol. The molecule has 1 N–H and O–H groups in total. The molecule has 0 saturated carbocycles. The summed E-state index contributed by atoms with van der Waals surface area (Å²) in [6.07, 6.45) is 0.494. The van der Waals surface area contributed by atoms with E-state index >= 15 is 0 Å². The number of hydrogen-bond acceptors (Lipinski definition) is 2. The number of hydrogen-bond donors (Lipinski definition) is 1. The lowest BCUT2D eigenvalue weighted by molar-refractivity contribution is 0.305. The van der Waals surface area contributed by atoms with Crippen LogP contribution in [0.2, 0.25) is 0 Å². The molecule has 2 heteroatoms. The summed E-state index contributed by atoms with van der Waals surface area (Å²) in [7, 11) is 0. The van der Waals surface area contributed by atoms with Crippen molar-refractivity contribution in [2.24, 2.45) is 0 Å². The van der Waals surface area contributed by atoms with E-state index in [1.165, 1.54) is 0 Å². The third-order valence-electron chi connectivity index (χ3n) is 2.61. The summed E-state index contributed by atoms with van der Waals surface area (Å²) in [6, 6.07) is 17.6. The van der Waals surface area contributed by atoms with Gasteiger partial charge in [-0.05, 0) is 18.2 Å². The first kappa shape index (κ1) is 13.2. The van der Waals surface area contributed by atoms with Crippen LogP contribution in [-0.4, -0.2) is 11.7 Å². The Balaban J connectivity index is 2.06. The van der Waals surface area contributed by atoms with Crippen LogP contribution in [0.3, 0.4) is 0 Å². The van der Waals surface area contributed by atoms with Gasteiger partial charge in [-0.2, -0.15) is 0 Å². The average Bonchev–Trinajstić information content (AvgIpc) is 2.48. The van der Waals surface area contributed by atoms with Crippen molar-refractivity contribution in [1.29, 1.82) is 0 Å². The van der Waals surface area contributed by atoms with Crippen LogP contribution in [0.1, 0.15) is 17.5 Å². The Morgan fingerprint density at radius 2 is 1.68 bits per heavy atom. The minimum absolute atomic E-state index is 0.0929. The number of aliphatic hydroxyl groups is 1. The van der Waals surface area contributed by atoms with Gasteiger partial charge in [-0.25, -0.2) is 0 Å². The summed E-state index contributed by atoms with van der Waals surface area (Å²) in [5, 5.41) is 8.74. The quantitative estimate of drug-likeness (QED) is 0.848. The Morgan fingerprint density at radius 3 is 2.47 bits per heavy atom. The van der Waals surface area contributed by atoms with Crippen LogP contribution in [0.25, 0.3) is 0 Å². The molecule has 0 atom stereocenters. The predicted octanol–water partition coefficient (Wildman–Crippen LogP) is 3.00. The maximum Gasteiger partial charge on any atom is 0.119 e. The van der Waals surface area contributed by atoms with Crippen LogP contribution >= 0.6 is 0 Å². The van der Waals surface area contributed by atoms with Gasteiger partial charge in [0.05, 0.1) is 6.61 Å². The molecule has 0 saturated heterocycles. The molecular weight excluding hydrogens is 236 g/mol. The lowest BCUT2D eigenvalue weighted by Crippen LogP contribution is -1.98. The molecular formula is C17H16O2. The Labute approximate surface area is 113 Å². The molecule has 0 spiro atoms. The molecule has 2 rings (SSSR count). The van der Waals surface area contributed by atoms with Crippen LogP contribution in [-0.2, 0) is 6.61 Å². The maximum atomic E-state index is 8.74. The highest BCUT2D eigenvalue weighted by Gasteiger charge is 2.00. The van der Waals surface area contributed by atoms with Gasteiger partial charge in [0.2, 0.25) is 0 Å². The van der Waals surface area contributed by atoms with E-state index in [9.17, 15) is 0 Å². The lowest BCUT2D eigenvalue weighted by Gasteiger charge is -2.07.